The molecule has 0 aromatic heterocycles. The Morgan fingerprint density at radius 2 is 2.19 bits per heavy atom. The van der Waals surface area contributed by atoms with E-state index < -0.39 is 0 Å². The molecule has 0 atom stereocenters. The van der Waals surface area contributed by atoms with Gasteiger partial charge in [0.05, 0.1) is 13.2 Å². The monoisotopic (exact) mass is 219 g/mol. The van der Waals surface area contributed by atoms with Gasteiger partial charge in [-0.2, -0.15) is 0 Å². The fourth-order valence-electron chi connectivity index (χ4n) is 1.63. The largest absolute Gasteiger partial charge is 0.463 e. The van der Waals surface area contributed by atoms with E-state index in [1.54, 1.807) is 0 Å². The van der Waals surface area contributed by atoms with Crippen molar-refractivity contribution in [2.45, 2.75) is 6.92 Å². The highest BCUT2D eigenvalue weighted by atomic mass is 16.5. The van der Waals surface area contributed by atoms with Gasteiger partial charge in [-0.15, -0.1) is 0 Å². The minimum atomic E-state index is 0.661. The lowest BCUT2D eigenvalue weighted by Gasteiger charge is -2.23. The summed E-state index contributed by atoms with van der Waals surface area (Å²) in [6.07, 6.45) is 0. The van der Waals surface area contributed by atoms with Crippen LogP contribution in [0.15, 0.2) is 35.3 Å². The summed E-state index contributed by atoms with van der Waals surface area (Å²) >= 11 is 0. The molecule has 0 radical (unpaired) electrons. The van der Waals surface area contributed by atoms with Crippen LogP contribution in [0.2, 0.25) is 0 Å². The summed E-state index contributed by atoms with van der Waals surface area (Å²) in [4.78, 5) is 6.42. The Balaban J connectivity index is 1.90. The Morgan fingerprint density at radius 1 is 1.38 bits per heavy atom. The highest BCUT2D eigenvalue weighted by molar-refractivity contribution is 5.75. The summed E-state index contributed by atoms with van der Waals surface area (Å²) in [6.45, 7) is 5.26. The van der Waals surface area contributed by atoms with E-state index in [0.717, 1.165) is 19.8 Å². The lowest BCUT2D eigenvalue weighted by Crippen LogP contribution is -2.37. The number of hydrogen-bond acceptors (Lipinski definition) is 4. The fourth-order valence-corrected chi connectivity index (χ4v) is 1.63. The van der Waals surface area contributed by atoms with Crippen molar-refractivity contribution in [3.8, 4) is 0 Å². The zero-order chi connectivity index (χ0) is 11.2. The van der Waals surface area contributed by atoms with E-state index >= 15 is 0 Å². The predicted octanol–water partition coefficient (Wildman–Crippen LogP) is 1.45. The average molecular weight is 219 g/mol. The van der Waals surface area contributed by atoms with E-state index in [9.17, 15) is 0 Å². The van der Waals surface area contributed by atoms with Crippen molar-refractivity contribution in [3.63, 3.8) is 0 Å². The molecule has 0 unspecified atom stereocenters. The number of anilines is 1. The van der Waals surface area contributed by atoms with Crippen LogP contribution in [-0.4, -0.2) is 32.4 Å². The third-order valence-electron chi connectivity index (χ3n) is 2.51. The second kappa shape index (κ2) is 5.39. The van der Waals surface area contributed by atoms with E-state index in [-0.39, 0.29) is 0 Å². The number of para-hydroxylation sites is 1. The zero-order valence-electron chi connectivity index (χ0n) is 9.52. The maximum Gasteiger partial charge on any atom is 0.286 e. The van der Waals surface area contributed by atoms with E-state index in [4.69, 9.17) is 4.74 Å². The molecule has 16 heavy (non-hydrogen) atoms. The Hall–Kier alpha value is -1.71. The molecule has 0 bridgehead atoms. The van der Waals surface area contributed by atoms with Gasteiger partial charge < -0.3 is 15.0 Å². The van der Waals surface area contributed by atoms with Gasteiger partial charge in [0.2, 0.25) is 0 Å². The van der Waals surface area contributed by atoms with Crippen LogP contribution >= 0.6 is 0 Å². The summed E-state index contributed by atoms with van der Waals surface area (Å²) < 4.78 is 5.30. The topological polar surface area (TPSA) is 36.9 Å². The van der Waals surface area contributed by atoms with Gasteiger partial charge in [-0.25, -0.2) is 4.99 Å². The average Bonchev–Trinajstić information content (AvgIpc) is 2.84. The van der Waals surface area contributed by atoms with Gasteiger partial charge in [0.15, 0.2) is 0 Å². The molecule has 1 aliphatic rings. The molecular weight excluding hydrogens is 202 g/mol. The third kappa shape index (κ3) is 2.66. The Labute approximate surface area is 95.9 Å². The number of hydrogen-bond donors (Lipinski definition) is 1. The number of amidine groups is 1. The second-order valence-corrected chi connectivity index (χ2v) is 3.56. The summed E-state index contributed by atoms with van der Waals surface area (Å²) in [5, 5.41) is 3.18. The standard InChI is InChI=1S/C12H17N3O/c1-2-15(11-6-4-3-5-7-11)10-14-12-13-8-9-16-12/h3-7H,2,8-10H2,1H3,(H,13,14). The summed E-state index contributed by atoms with van der Waals surface area (Å²) in [5.41, 5.74) is 1.20. The number of nitrogens with one attached hydrogen (secondary N) is 1. The first kappa shape index (κ1) is 10.8. The maximum absolute atomic E-state index is 5.30. The Bertz CT molecular complexity index is 351. The van der Waals surface area contributed by atoms with Gasteiger partial charge in [-0.05, 0) is 19.1 Å². The van der Waals surface area contributed by atoms with Crippen molar-refractivity contribution in [1.29, 1.82) is 0 Å². The summed E-state index contributed by atoms with van der Waals surface area (Å²) in [6, 6.07) is 11.0. The highest BCUT2D eigenvalue weighted by Crippen LogP contribution is 2.11. The molecule has 0 aliphatic carbocycles. The molecule has 1 heterocycles. The van der Waals surface area contributed by atoms with Crippen LogP contribution in [0.25, 0.3) is 0 Å². The number of aliphatic imine (C=N–C) groups is 1. The Morgan fingerprint density at radius 3 is 2.81 bits per heavy atom. The molecule has 1 N–H and O–H groups in total. The van der Waals surface area contributed by atoms with E-state index in [0.29, 0.717) is 12.6 Å². The minimum Gasteiger partial charge on any atom is -0.463 e. The van der Waals surface area contributed by atoms with Gasteiger partial charge in [-0.1, -0.05) is 18.2 Å². The zero-order valence-corrected chi connectivity index (χ0v) is 9.52. The number of rotatable bonds is 4. The highest BCUT2D eigenvalue weighted by Gasteiger charge is 2.08. The molecule has 4 heteroatoms. The number of ether oxygens (including phenoxy) is 1. The van der Waals surface area contributed by atoms with Gasteiger partial charge >= 0.3 is 0 Å². The van der Waals surface area contributed by atoms with E-state index in [2.05, 4.69) is 34.3 Å². The molecule has 1 aromatic rings. The molecule has 1 aliphatic heterocycles. The van der Waals surface area contributed by atoms with Crippen molar-refractivity contribution in [2.75, 3.05) is 31.3 Å². The van der Waals surface area contributed by atoms with Crippen LogP contribution in [0, 0.1) is 0 Å². The SMILES string of the molecule is CCN(CNC1=NCCO1)c1ccccc1. The molecule has 0 saturated carbocycles. The quantitative estimate of drug-likeness (QED) is 0.779. The van der Waals surface area contributed by atoms with Gasteiger partial charge in [0.1, 0.15) is 6.61 Å². The molecular formula is C12H17N3O. The first-order chi connectivity index (χ1) is 7.90. The number of benzene rings is 1. The molecule has 0 fully saturated rings. The van der Waals surface area contributed by atoms with E-state index in [1.165, 1.54) is 5.69 Å². The molecule has 0 spiro atoms. The molecule has 0 saturated heterocycles. The van der Waals surface area contributed by atoms with Gasteiger partial charge in [-0.3, -0.25) is 0 Å². The van der Waals surface area contributed by atoms with Crippen molar-refractivity contribution in [3.05, 3.63) is 30.3 Å². The van der Waals surface area contributed by atoms with Crippen LogP contribution in [-0.2, 0) is 4.74 Å². The lowest BCUT2D eigenvalue weighted by molar-refractivity contribution is 0.331. The van der Waals surface area contributed by atoms with Crippen molar-refractivity contribution < 1.29 is 4.74 Å². The first-order valence-electron chi connectivity index (χ1n) is 5.61. The molecule has 86 valence electrons. The third-order valence-corrected chi connectivity index (χ3v) is 2.51. The van der Waals surface area contributed by atoms with Crippen LogP contribution in [0.5, 0.6) is 0 Å². The minimum absolute atomic E-state index is 0.661. The van der Waals surface area contributed by atoms with Crippen LogP contribution in [0.3, 0.4) is 0 Å². The van der Waals surface area contributed by atoms with Crippen molar-refractivity contribution in [2.24, 2.45) is 4.99 Å². The fraction of sp³-hybridized carbons (Fsp3) is 0.417. The maximum atomic E-state index is 5.30. The smallest absolute Gasteiger partial charge is 0.286 e. The van der Waals surface area contributed by atoms with Crippen LogP contribution < -0.4 is 10.2 Å². The second-order valence-electron chi connectivity index (χ2n) is 3.56. The van der Waals surface area contributed by atoms with Crippen molar-refractivity contribution >= 4 is 11.7 Å². The van der Waals surface area contributed by atoms with Crippen LogP contribution in [0.1, 0.15) is 6.92 Å². The molecule has 4 nitrogen and oxygen atoms in total. The normalized spacial score (nSPS) is 14.2. The summed E-state index contributed by atoms with van der Waals surface area (Å²) in [5.74, 6) is 0. The predicted molar refractivity (Wildman–Crippen MR) is 65.7 cm³/mol. The van der Waals surface area contributed by atoms with Gasteiger partial charge in [0, 0.05) is 12.2 Å². The molecule has 2 rings (SSSR count). The number of nitrogens with zero attached hydrogens (tertiary/aromatic N) is 2. The van der Waals surface area contributed by atoms with E-state index in [1.807, 2.05) is 18.2 Å². The Kier molecular flexibility index (Phi) is 3.64. The van der Waals surface area contributed by atoms with Crippen molar-refractivity contribution in [1.82, 2.24) is 5.32 Å². The first-order valence-corrected chi connectivity index (χ1v) is 5.61. The van der Waals surface area contributed by atoms with Gasteiger partial charge in [0.25, 0.3) is 6.02 Å². The summed E-state index contributed by atoms with van der Waals surface area (Å²) in [7, 11) is 0. The molecule has 0 amide bonds. The molecule has 1 aromatic carbocycles. The lowest BCUT2D eigenvalue weighted by atomic mass is 10.3. The van der Waals surface area contributed by atoms with Crippen LogP contribution in [0.4, 0.5) is 5.69 Å².